The van der Waals surface area contributed by atoms with E-state index in [9.17, 15) is 27.6 Å². The van der Waals surface area contributed by atoms with Crippen LogP contribution in [-0.4, -0.2) is 65.1 Å². The first-order chi connectivity index (χ1) is 23.0. The Bertz CT molecular complexity index is 1900. The van der Waals surface area contributed by atoms with Gasteiger partial charge in [-0.2, -0.15) is 18.3 Å². The van der Waals surface area contributed by atoms with Crippen molar-refractivity contribution >= 4 is 23.5 Å². The summed E-state index contributed by atoms with van der Waals surface area (Å²) in [4.78, 5) is 44.4. The molecule has 0 radical (unpaired) electrons. The molecular weight excluding hydrogens is 621 g/mol. The van der Waals surface area contributed by atoms with Crippen LogP contribution in [0.1, 0.15) is 51.1 Å². The van der Waals surface area contributed by atoms with E-state index < -0.39 is 35.5 Å². The number of nitrogens with one attached hydrogen (secondary N) is 2. The third kappa shape index (κ3) is 6.35. The summed E-state index contributed by atoms with van der Waals surface area (Å²) in [5, 5.41) is 10.6. The normalized spacial score (nSPS) is 18.0. The molecule has 4 aromatic rings. The predicted octanol–water partition coefficient (Wildman–Crippen LogP) is 4.98. The molecule has 0 saturated carbocycles. The highest BCUT2D eigenvalue weighted by molar-refractivity contribution is 6.05. The molecule has 3 amide bonds. The Hall–Kier alpha value is -5.23. The molecule has 248 valence electrons. The zero-order valence-corrected chi connectivity index (χ0v) is 26.7. The highest BCUT2D eigenvalue weighted by Gasteiger charge is 2.45. The fourth-order valence-corrected chi connectivity index (χ4v) is 6.40. The Kier molecular flexibility index (Phi) is 8.93. The van der Waals surface area contributed by atoms with Gasteiger partial charge in [-0.05, 0) is 62.4 Å². The number of benzene rings is 3. The van der Waals surface area contributed by atoms with Crippen molar-refractivity contribution in [2.24, 2.45) is 0 Å². The van der Waals surface area contributed by atoms with Gasteiger partial charge in [-0.1, -0.05) is 54.6 Å². The van der Waals surface area contributed by atoms with Crippen molar-refractivity contribution < 1.29 is 27.6 Å². The highest BCUT2D eigenvalue weighted by Crippen LogP contribution is 2.43. The number of amides is 3. The van der Waals surface area contributed by atoms with E-state index in [1.165, 1.54) is 12.1 Å². The topological polar surface area (TPSA) is 99.6 Å². The largest absolute Gasteiger partial charge is 0.416 e. The summed E-state index contributed by atoms with van der Waals surface area (Å²) in [6.07, 6.45) is -2.75. The maximum absolute atomic E-state index is 14.4. The Morgan fingerprint density at radius 2 is 1.73 bits per heavy atom. The van der Waals surface area contributed by atoms with E-state index in [0.29, 0.717) is 41.3 Å². The van der Waals surface area contributed by atoms with Crippen LogP contribution in [0, 0.1) is 6.92 Å². The maximum atomic E-state index is 14.4. The average Bonchev–Trinajstić information content (AvgIpc) is 3.67. The van der Waals surface area contributed by atoms with Gasteiger partial charge in [-0.3, -0.25) is 24.2 Å². The molecule has 48 heavy (non-hydrogen) atoms. The monoisotopic (exact) mass is 656 g/mol. The number of halogens is 3. The molecule has 3 aromatic carbocycles. The number of fused-ring (bicyclic) bond motifs is 1. The van der Waals surface area contributed by atoms with Gasteiger partial charge < -0.3 is 10.6 Å². The zero-order valence-electron chi connectivity index (χ0n) is 26.7. The van der Waals surface area contributed by atoms with Crippen LogP contribution >= 0.6 is 0 Å². The van der Waals surface area contributed by atoms with Crippen LogP contribution in [-0.2, 0) is 22.3 Å². The van der Waals surface area contributed by atoms with Crippen LogP contribution in [0.5, 0.6) is 0 Å². The molecule has 1 aromatic heterocycles. The summed E-state index contributed by atoms with van der Waals surface area (Å²) in [5.74, 6) is -1.59. The minimum atomic E-state index is -4.64. The molecule has 0 saturated heterocycles. The molecular formula is C36H35F3N6O3. The van der Waals surface area contributed by atoms with Crippen LogP contribution in [0.3, 0.4) is 0 Å². The van der Waals surface area contributed by atoms with Crippen LogP contribution in [0.4, 0.5) is 19.0 Å². The van der Waals surface area contributed by atoms with Crippen molar-refractivity contribution in [2.45, 2.75) is 38.5 Å². The lowest BCUT2D eigenvalue weighted by Gasteiger charge is -2.38. The third-order valence-corrected chi connectivity index (χ3v) is 8.71. The second-order valence-corrected chi connectivity index (χ2v) is 12.0. The van der Waals surface area contributed by atoms with Gasteiger partial charge in [0.2, 0.25) is 5.91 Å². The van der Waals surface area contributed by atoms with E-state index in [1.807, 2.05) is 86.5 Å². The molecule has 0 fully saturated rings. The van der Waals surface area contributed by atoms with E-state index in [2.05, 4.69) is 10.6 Å². The highest BCUT2D eigenvalue weighted by atomic mass is 19.4. The zero-order chi connectivity index (χ0) is 34.2. The number of alkyl halides is 3. The van der Waals surface area contributed by atoms with Gasteiger partial charge in [0.25, 0.3) is 11.8 Å². The molecule has 0 bridgehead atoms. The average molecular weight is 657 g/mol. The van der Waals surface area contributed by atoms with Gasteiger partial charge in [0, 0.05) is 48.8 Å². The van der Waals surface area contributed by atoms with Gasteiger partial charge in [0.15, 0.2) is 0 Å². The minimum Gasteiger partial charge on any atom is -0.348 e. The fraction of sp³-hybridized carbons (Fsp3) is 0.278. The van der Waals surface area contributed by atoms with Crippen LogP contribution < -0.4 is 15.5 Å². The summed E-state index contributed by atoms with van der Waals surface area (Å²) in [5.41, 5.74) is 3.03. The lowest BCUT2D eigenvalue weighted by atomic mass is 9.80. The first kappa shape index (κ1) is 32.7. The quantitative estimate of drug-likeness (QED) is 0.279. The second kappa shape index (κ2) is 13.1. The summed E-state index contributed by atoms with van der Waals surface area (Å²) in [6.45, 7) is 5.39. The molecule has 2 aliphatic heterocycles. The summed E-state index contributed by atoms with van der Waals surface area (Å²) < 4.78 is 42.2. The number of para-hydroxylation sites is 1. The van der Waals surface area contributed by atoms with Gasteiger partial charge in [0.05, 0.1) is 16.9 Å². The third-order valence-electron chi connectivity index (χ3n) is 8.71. The van der Waals surface area contributed by atoms with E-state index in [-0.39, 0.29) is 24.6 Å². The van der Waals surface area contributed by atoms with Gasteiger partial charge in [-0.25, -0.2) is 4.68 Å². The molecule has 6 rings (SSSR count). The molecule has 12 heteroatoms. The molecule has 0 aliphatic carbocycles. The summed E-state index contributed by atoms with van der Waals surface area (Å²) >= 11 is 0. The second-order valence-electron chi connectivity index (χ2n) is 12.0. The van der Waals surface area contributed by atoms with E-state index in [4.69, 9.17) is 5.10 Å². The predicted molar refractivity (Wildman–Crippen MR) is 175 cm³/mol. The van der Waals surface area contributed by atoms with Crippen LogP contribution in [0.2, 0.25) is 0 Å². The number of carbonyl (C=O) groups is 3. The van der Waals surface area contributed by atoms with E-state index >= 15 is 0 Å². The molecule has 0 unspecified atom stereocenters. The van der Waals surface area contributed by atoms with Crippen LogP contribution in [0.25, 0.3) is 5.69 Å². The molecule has 2 aliphatic rings. The Morgan fingerprint density at radius 3 is 2.42 bits per heavy atom. The number of hydrogen-bond donors (Lipinski definition) is 2. The standard InChI is InChI=1S/C36H35F3N6O3/c1-4-44-34-29(22(2)42-45(34)28-14-6-5-7-15-28)30(24-11-8-10-23(18-24)20-40-32(46)26-16-17-43(3)21-26)31(35(44)48)41-33(47)25-12-9-13-27(19-25)36(37,38)39/h5-16,18-19,30-31H,4,17,20-21H2,1-3H3,(H,40,46)(H,41,47)/t30-,31+/m1/s1. The number of rotatable bonds is 8. The van der Waals surface area contributed by atoms with Gasteiger partial charge in [-0.15, -0.1) is 0 Å². The molecule has 3 heterocycles. The first-order valence-electron chi connectivity index (χ1n) is 15.6. The number of hydrogen-bond acceptors (Lipinski definition) is 5. The molecule has 0 spiro atoms. The Morgan fingerprint density at radius 1 is 0.979 bits per heavy atom. The van der Waals surface area contributed by atoms with E-state index in [0.717, 1.165) is 23.4 Å². The lowest BCUT2D eigenvalue weighted by Crippen LogP contribution is -2.55. The van der Waals surface area contributed by atoms with Crippen molar-refractivity contribution in [3.05, 3.63) is 124 Å². The number of nitrogens with zero attached hydrogens (tertiary/aromatic N) is 4. The van der Waals surface area contributed by atoms with Crippen LogP contribution in [0.15, 0.2) is 90.5 Å². The molecule has 2 N–H and O–H groups in total. The summed E-state index contributed by atoms with van der Waals surface area (Å²) in [6, 6.07) is 19.7. The van der Waals surface area contributed by atoms with Crippen molar-refractivity contribution in [3.8, 4) is 5.69 Å². The first-order valence-corrected chi connectivity index (χ1v) is 15.6. The molecule has 9 nitrogen and oxygen atoms in total. The van der Waals surface area contributed by atoms with Gasteiger partial charge in [0.1, 0.15) is 11.9 Å². The van der Waals surface area contributed by atoms with Crippen molar-refractivity contribution in [1.29, 1.82) is 0 Å². The van der Waals surface area contributed by atoms with Crippen molar-refractivity contribution in [1.82, 2.24) is 25.3 Å². The number of aryl methyl sites for hydroxylation is 1. The maximum Gasteiger partial charge on any atom is 0.416 e. The lowest BCUT2D eigenvalue weighted by molar-refractivity contribution is -0.137. The Labute approximate surface area is 276 Å². The van der Waals surface area contributed by atoms with Crippen molar-refractivity contribution in [2.75, 3.05) is 31.6 Å². The number of anilines is 1. The number of likely N-dealkylation sites (N-methyl/N-ethyl adjacent to an activating group) is 2. The molecule has 2 atom stereocenters. The minimum absolute atomic E-state index is 0.162. The Balaban J connectivity index is 1.42. The van der Waals surface area contributed by atoms with Crippen molar-refractivity contribution in [3.63, 3.8) is 0 Å². The van der Waals surface area contributed by atoms with Gasteiger partial charge >= 0.3 is 6.18 Å². The SMILES string of the molecule is CCN1C(=O)[C@@H](NC(=O)c2cccc(C(F)(F)F)c2)[C@H](c2cccc(CNC(=O)C3=CCN(C)C3)c2)c2c(C)nn(-c3ccccc3)c21. The fourth-order valence-electron chi connectivity index (χ4n) is 6.40. The summed E-state index contributed by atoms with van der Waals surface area (Å²) in [7, 11) is 1.93. The number of carbonyl (C=O) groups excluding carboxylic acids is 3. The smallest absolute Gasteiger partial charge is 0.348 e. The number of aromatic nitrogens is 2. The van der Waals surface area contributed by atoms with E-state index in [1.54, 1.807) is 9.58 Å².